The van der Waals surface area contributed by atoms with Gasteiger partial charge in [0, 0.05) is 6.42 Å². The molecule has 0 aliphatic rings. The number of hydrogen-bond donors (Lipinski definition) is 3. The van der Waals surface area contributed by atoms with E-state index in [1.165, 1.54) is 0 Å². The fraction of sp³-hybridized carbons (Fsp3) is 0.360. The molecule has 4 amide bonds. The molecule has 0 aliphatic heterocycles. The number of hydrazine groups is 1. The Morgan fingerprint density at radius 2 is 1.60 bits per heavy atom. The summed E-state index contributed by atoms with van der Waals surface area (Å²) in [5.74, 6) is -1.89. The van der Waals surface area contributed by atoms with Crippen LogP contribution >= 0.6 is 11.6 Å². The van der Waals surface area contributed by atoms with Gasteiger partial charge >= 0.3 is 6.09 Å². The van der Waals surface area contributed by atoms with E-state index in [2.05, 4.69) is 10.7 Å². The van der Waals surface area contributed by atoms with E-state index in [4.69, 9.17) is 22.1 Å². The topological polar surface area (TPSA) is 131 Å². The third-order valence-corrected chi connectivity index (χ3v) is 5.37. The summed E-state index contributed by atoms with van der Waals surface area (Å²) < 4.78 is 5.22. The van der Waals surface area contributed by atoms with Crippen LogP contribution in [0.5, 0.6) is 0 Å². The fourth-order valence-electron chi connectivity index (χ4n) is 3.17. The Balaban J connectivity index is 2.09. The van der Waals surface area contributed by atoms with Crippen LogP contribution in [0.25, 0.3) is 0 Å². The standard InChI is InChI=1S/C25H31ClN4O5/c1-17(2)15-20(28-25(34)35-16-18-9-5-3-6-10-18)23(32)29-30(14-13-21(27)31)24(33)22(26)19-11-7-4-8-12-19/h3-12,17,20,22H,13-16H2,1-2H3,(H2,27,31)(H,28,34)(H,29,32). The first-order chi connectivity index (χ1) is 16.7. The minimum atomic E-state index is -1.10. The predicted octanol–water partition coefficient (Wildman–Crippen LogP) is 3.04. The van der Waals surface area contributed by atoms with Crippen molar-refractivity contribution in [3.8, 4) is 0 Å². The number of benzene rings is 2. The predicted molar refractivity (Wildman–Crippen MR) is 132 cm³/mol. The quantitative estimate of drug-likeness (QED) is 0.321. The highest BCUT2D eigenvalue weighted by molar-refractivity contribution is 6.30. The Morgan fingerprint density at radius 3 is 2.17 bits per heavy atom. The molecule has 0 bridgehead atoms. The number of nitrogens with one attached hydrogen (secondary N) is 2. The number of hydrogen-bond acceptors (Lipinski definition) is 5. The second kappa shape index (κ2) is 14.0. The number of rotatable bonds is 11. The van der Waals surface area contributed by atoms with Gasteiger partial charge < -0.3 is 15.8 Å². The summed E-state index contributed by atoms with van der Waals surface area (Å²) in [4.78, 5) is 49.8. The molecule has 35 heavy (non-hydrogen) atoms. The summed E-state index contributed by atoms with van der Waals surface area (Å²) >= 11 is 6.35. The number of nitrogens with two attached hydrogens (primary N) is 1. The van der Waals surface area contributed by atoms with E-state index < -0.39 is 35.2 Å². The van der Waals surface area contributed by atoms with Crippen molar-refractivity contribution in [3.63, 3.8) is 0 Å². The van der Waals surface area contributed by atoms with E-state index in [1.807, 2.05) is 44.2 Å². The highest BCUT2D eigenvalue weighted by atomic mass is 35.5. The van der Waals surface area contributed by atoms with Gasteiger partial charge in [-0.3, -0.25) is 24.8 Å². The molecule has 2 aromatic rings. The van der Waals surface area contributed by atoms with Crippen molar-refractivity contribution in [1.29, 1.82) is 0 Å². The Morgan fingerprint density at radius 1 is 1.00 bits per heavy atom. The number of alkyl halides is 1. The third-order valence-electron chi connectivity index (χ3n) is 4.93. The lowest BCUT2D eigenvalue weighted by atomic mass is 10.0. The number of carbonyl (C=O) groups is 4. The van der Waals surface area contributed by atoms with Crippen LogP contribution in [0.3, 0.4) is 0 Å². The smallest absolute Gasteiger partial charge is 0.408 e. The second-order valence-corrected chi connectivity index (χ2v) is 8.78. The summed E-state index contributed by atoms with van der Waals surface area (Å²) in [5, 5.41) is 2.41. The average Bonchev–Trinajstić information content (AvgIpc) is 2.84. The maximum absolute atomic E-state index is 13.1. The molecule has 0 radical (unpaired) electrons. The van der Waals surface area contributed by atoms with Crippen LogP contribution < -0.4 is 16.5 Å². The fourth-order valence-corrected chi connectivity index (χ4v) is 3.43. The van der Waals surface area contributed by atoms with Crippen LogP contribution in [0.4, 0.5) is 4.79 Å². The van der Waals surface area contributed by atoms with Gasteiger partial charge in [0.05, 0.1) is 6.54 Å². The molecule has 188 valence electrons. The number of ether oxygens (including phenoxy) is 1. The zero-order valence-electron chi connectivity index (χ0n) is 19.8. The van der Waals surface area contributed by atoms with E-state index in [9.17, 15) is 19.2 Å². The molecule has 2 aromatic carbocycles. The summed E-state index contributed by atoms with van der Waals surface area (Å²) in [6.07, 6.45) is -0.678. The molecule has 2 unspecified atom stereocenters. The summed E-state index contributed by atoms with van der Waals surface area (Å²) in [6.45, 7) is 3.63. The SMILES string of the molecule is CC(C)CC(NC(=O)OCc1ccccc1)C(=O)NN(CCC(N)=O)C(=O)C(Cl)c1ccccc1. The van der Waals surface area contributed by atoms with Crippen LogP contribution in [0.1, 0.15) is 43.2 Å². The van der Waals surface area contributed by atoms with Gasteiger partial charge in [0.1, 0.15) is 18.0 Å². The zero-order chi connectivity index (χ0) is 25.8. The molecule has 0 saturated carbocycles. The van der Waals surface area contributed by atoms with Crippen LogP contribution in [-0.4, -0.2) is 41.4 Å². The van der Waals surface area contributed by atoms with E-state index in [-0.39, 0.29) is 31.9 Å². The van der Waals surface area contributed by atoms with Gasteiger partial charge in [0.2, 0.25) is 5.91 Å². The lowest BCUT2D eigenvalue weighted by Gasteiger charge is -2.28. The van der Waals surface area contributed by atoms with Gasteiger partial charge in [-0.2, -0.15) is 0 Å². The minimum Gasteiger partial charge on any atom is -0.445 e. The number of carbonyl (C=O) groups excluding carboxylic acids is 4. The second-order valence-electron chi connectivity index (χ2n) is 8.34. The van der Waals surface area contributed by atoms with Gasteiger partial charge in [0.25, 0.3) is 11.8 Å². The first-order valence-electron chi connectivity index (χ1n) is 11.2. The van der Waals surface area contributed by atoms with E-state index in [1.54, 1.807) is 30.3 Å². The first-order valence-corrected chi connectivity index (χ1v) is 11.7. The molecule has 0 spiro atoms. The molecule has 0 aromatic heterocycles. The van der Waals surface area contributed by atoms with Gasteiger partial charge in [-0.1, -0.05) is 74.5 Å². The van der Waals surface area contributed by atoms with Crippen LogP contribution in [0.2, 0.25) is 0 Å². The van der Waals surface area contributed by atoms with Crippen LogP contribution in [0.15, 0.2) is 60.7 Å². The van der Waals surface area contributed by atoms with Crippen LogP contribution in [-0.2, 0) is 25.7 Å². The van der Waals surface area contributed by atoms with Gasteiger partial charge in [-0.25, -0.2) is 4.79 Å². The van der Waals surface area contributed by atoms with Gasteiger partial charge in [-0.15, -0.1) is 11.6 Å². The van der Waals surface area contributed by atoms with Crippen molar-refractivity contribution >= 4 is 35.4 Å². The van der Waals surface area contributed by atoms with E-state index >= 15 is 0 Å². The van der Waals surface area contributed by atoms with Crippen molar-refractivity contribution < 1.29 is 23.9 Å². The Kier molecular flexibility index (Phi) is 11.0. The van der Waals surface area contributed by atoms with Crippen molar-refractivity contribution in [3.05, 3.63) is 71.8 Å². The highest BCUT2D eigenvalue weighted by Gasteiger charge is 2.29. The molecule has 0 fully saturated rings. The Hall–Kier alpha value is -3.59. The monoisotopic (exact) mass is 502 g/mol. The number of alkyl carbamates (subject to hydrolysis) is 1. The van der Waals surface area contributed by atoms with E-state index in [0.29, 0.717) is 5.56 Å². The maximum Gasteiger partial charge on any atom is 0.408 e. The molecule has 0 aliphatic carbocycles. The number of primary amides is 1. The van der Waals surface area contributed by atoms with Crippen molar-refractivity contribution in [2.75, 3.05) is 6.54 Å². The number of amides is 4. The molecule has 4 N–H and O–H groups in total. The Labute approximate surface area is 209 Å². The van der Waals surface area contributed by atoms with Crippen molar-refractivity contribution in [1.82, 2.24) is 15.8 Å². The van der Waals surface area contributed by atoms with Crippen LogP contribution in [0, 0.1) is 5.92 Å². The lowest BCUT2D eigenvalue weighted by molar-refractivity contribution is -0.142. The zero-order valence-corrected chi connectivity index (χ0v) is 20.5. The van der Waals surface area contributed by atoms with Gasteiger partial charge in [-0.05, 0) is 23.5 Å². The molecular formula is C25H31ClN4O5. The summed E-state index contributed by atoms with van der Waals surface area (Å²) in [5.41, 5.74) is 9.05. The molecule has 2 rings (SSSR count). The molecule has 2 atom stereocenters. The first kappa shape index (κ1) is 27.7. The molecular weight excluding hydrogens is 472 g/mol. The average molecular weight is 503 g/mol. The molecule has 0 saturated heterocycles. The minimum absolute atomic E-state index is 0.0386. The largest absolute Gasteiger partial charge is 0.445 e. The number of halogens is 1. The Bertz CT molecular complexity index is 988. The summed E-state index contributed by atoms with van der Waals surface area (Å²) in [7, 11) is 0. The number of nitrogens with zero attached hydrogens (tertiary/aromatic N) is 1. The molecule has 10 heteroatoms. The molecule has 0 heterocycles. The normalized spacial score (nSPS) is 12.3. The summed E-state index contributed by atoms with van der Waals surface area (Å²) in [6, 6.07) is 16.7. The van der Waals surface area contributed by atoms with Crippen molar-refractivity contribution in [2.24, 2.45) is 11.7 Å². The lowest BCUT2D eigenvalue weighted by Crippen LogP contribution is -2.55. The van der Waals surface area contributed by atoms with E-state index in [0.717, 1.165) is 10.6 Å². The molecule has 9 nitrogen and oxygen atoms in total. The van der Waals surface area contributed by atoms with Crippen molar-refractivity contribution in [2.45, 2.75) is 44.7 Å². The highest BCUT2D eigenvalue weighted by Crippen LogP contribution is 2.22. The third kappa shape index (κ3) is 9.66. The van der Waals surface area contributed by atoms with Gasteiger partial charge in [0.15, 0.2) is 0 Å². The maximum atomic E-state index is 13.1.